The van der Waals surface area contributed by atoms with Gasteiger partial charge in [-0.3, -0.25) is 9.78 Å². The van der Waals surface area contributed by atoms with Crippen molar-refractivity contribution in [3.05, 3.63) is 64.8 Å². The summed E-state index contributed by atoms with van der Waals surface area (Å²) in [5, 5.41) is 10.8. The van der Waals surface area contributed by atoms with Crippen molar-refractivity contribution in [2.24, 2.45) is 5.41 Å². The van der Waals surface area contributed by atoms with Gasteiger partial charge in [0.05, 0.1) is 28.0 Å². The number of rotatable bonds is 10. The van der Waals surface area contributed by atoms with Crippen LogP contribution in [0.25, 0.3) is 10.9 Å². The van der Waals surface area contributed by atoms with Crippen LogP contribution in [0, 0.1) is 17.0 Å². The van der Waals surface area contributed by atoms with Gasteiger partial charge in [0.25, 0.3) is 0 Å². The van der Waals surface area contributed by atoms with Crippen molar-refractivity contribution in [2.45, 2.75) is 36.8 Å². The highest BCUT2D eigenvalue weighted by molar-refractivity contribution is 7.99. The number of ether oxygens (including phenoxy) is 1. The van der Waals surface area contributed by atoms with Crippen molar-refractivity contribution in [3.63, 3.8) is 0 Å². The summed E-state index contributed by atoms with van der Waals surface area (Å²) < 4.78 is 48.5. The van der Waals surface area contributed by atoms with Crippen molar-refractivity contribution in [3.8, 4) is 5.75 Å². The molecule has 198 valence electrons. The Labute approximate surface area is 223 Å². The summed E-state index contributed by atoms with van der Waals surface area (Å²) in [6, 6.07) is 8.93. The van der Waals surface area contributed by atoms with Gasteiger partial charge in [0.1, 0.15) is 23.6 Å². The number of benzene rings is 2. The summed E-state index contributed by atoms with van der Waals surface area (Å²) in [5.41, 5.74) is -0.170. The number of aliphatic carboxylic acids is 1. The molecule has 10 heteroatoms. The van der Waals surface area contributed by atoms with Gasteiger partial charge in [-0.2, -0.15) is 0 Å². The van der Waals surface area contributed by atoms with Gasteiger partial charge >= 0.3 is 5.97 Å². The van der Waals surface area contributed by atoms with Crippen molar-refractivity contribution in [1.82, 2.24) is 9.88 Å². The maximum atomic E-state index is 15.6. The third-order valence-electron chi connectivity index (χ3n) is 7.10. The second-order valence-electron chi connectivity index (χ2n) is 9.24. The van der Waals surface area contributed by atoms with E-state index < -0.39 is 29.2 Å². The smallest absolute Gasteiger partial charge is 0.309 e. The zero-order chi connectivity index (χ0) is 26.6. The fraction of sp³-hybridized carbons (Fsp3) is 0.407. The number of piperidine rings is 1. The highest BCUT2D eigenvalue weighted by Gasteiger charge is 2.41. The minimum absolute atomic E-state index is 0.00472. The molecule has 1 aliphatic heterocycles. The molecule has 1 unspecified atom stereocenters. The van der Waals surface area contributed by atoms with E-state index in [-0.39, 0.29) is 22.8 Å². The minimum atomic E-state index is -1.47. The number of thioether (sulfide) groups is 1. The number of halogens is 4. The van der Waals surface area contributed by atoms with Gasteiger partial charge < -0.3 is 14.7 Å². The van der Waals surface area contributed by atoms with Crippen LogP contribution < -0.4 is 4.74 Å². The first-order valence-electron chi connectivity index (χ1n) is 12.0. The van der Waals surface area contributed by atoms with E-state index in [1.807, 2.05) is 0 Å². The minimum Gasteiger partial charge on any atom is -0.497 e. The number of aromatic nitrogens is 1. The first-order valence-corrected chi connectivity index (χ1v) is 13.4. The largest absolute Gasteiger partial charge is 0.497 e. The van der Waals surface area contributed by atoms with Gasteiger partial charge in [-0.15, -0.1) is 11.8 Å². The Hall–Kier alpha value is -2.49. The molecular formula is C27H28ClF3N2O3S. The number of methoxy groups -OCH3 is 1. The lowest BCUT2D eigenvalue weighted by atomic mass is 9.74. The molecule has 4 rings (SSSR count). The number of carbonyl (C=O) groups is 1. The summed E-state index contributed by atoms with van der Waals surface area (Å²) in [7, 11) is 1.52. The van der Waals surface area contributed by atoms with Gasteiger partial charge in [0.15, 0.2) is 0 Å². The van der Waals surface area contributed by atoms with E-state index in [2.05, 4.69) is 9.88 Å². The Kier molecular flexibility index (Phi) is 8.87. The lowest BCUT2D eigenvalue weighted by molar-refractivity contribution is -0.153. The Balaban J connectivity index is 1.38. The van der Waals surface area contributed by atoms with Crippen LogP contribution in [-0.4, -0.2) is 53.5 Å². The topological polar surface area (TPSA) is 62.7 Å². The predicted molar refractivity (Wildman–Crippen MR) is 139 cm³/mol. The van der Waals surface area contributed by atoms with Crippen molar-refractivity contribution in [1.29, 1.82) is 0 Å². The molecule has 0 radical (unpaired) electrons. The first-order chi connectivity index (χ1) is 17.7. The van der Waals surface area contributed by atoms with Crippen LogP contribution >= 0.6 is 23.4 Å². The van der Waals surface area contributed by atoms with Crippen LogP contribution in [0.1, 0.15) is 37.4 Å². The number of hydrogen-bond acceptors (Lipinski definition) is 5. The summed E-state index contributed by atoms with van der Waals surface area (Å²) in [4.78, 5) is 18.6. The molecule has 1 saturated heterocycles. The number of pyridine rings is 1. The Bertz CT molecular complexity index is 1250. The third-order valence-corrected chi connectivity index (χ3v) is 8.46. The number of fused-ring (bicyclic) bond motifs is 1. The maximum absolute atomic E-state index is 15.6. The van der Waals surface area contributed by atoms with Crippen molar-refractivity contribution < 1.29 is 27.8 Å². The second-order valence-corrected chi connectivity index (χ2v) is 10.7. The van der Waals surface area contributed by atoms with E-state index in [1.54, 1.807) is 18.2 Å². The molecule has 2 aromatic carbocycles. The molecule has 0 bridgehead atoms. The molecule has 0 aliphatic carbocycles. The number of carboxylic acids is 1. The lowest BCUT2D eigenvalue weighted by Gasteiger charge is -2.39. The number of nitrogens with zero attached hydrogens (tertiary/aromatic N) is 2. The van der Waals surface area contributed by atoms with Gasteiger partial charge in [0.2, 0.25) is 0 Å². The summed E-state index contributed by atoms with van der Waals surface area (Å²) in [5.74, 6) is -1.09. The molecule has 3 aromatic rings. The highest BCUT2D eigenvalue weighted by Crippen LogP contribution is 2.42. The van der Waals surface area contributed by atoms with Crippen LogP contribution in [-0.2, 0) is 4.79 Å². The summed E-state index contributed by atoms with van der Waals surface area (Å²) >= 11 is 7.43. The Morgan fingerprint density at radius 2 is 1.95 bits per heavy atom. The van der Waals surface area contributed by atoms with E-state index in [9.17, 15) is 18.7 Å². The molecule has 1 aliphatic rings. The van der Waals surface area contributed by atoms with Crippen molar-refractivity contribution >= 4 is 40.2 Å². The fourth-order valence-electron chi connectivity index (χ4n) is 4.83. The van der Waals surface area contributed by atoms with E-state index in [0.717, 1.165) is 11.8 Å². The van der Waals surface area contributed by atoms with E-state index in [0.29, 0.717) is 60.4 Å². The van der Waals surface area contributed by atoms with Gasteiger partial charge in [-0.1, -0.05) is 17.7 Å². The molecular weight excluding hydrogens is 525 g/mol. The molecule has 0 spiro atoms. The number of alkyl halides is 1. The number of carboxylic acid groups (broad SMARTS) is 1. The molecule has 1 N–H and O–H groups in total. The fourth-order valence-corrected chi connectivity index (χ4v) is 6.07. The Morgan fingerprint density at radius 3 is 2.59 bits per heavy atom. The van der Waals surface area contributed by atoms with Crippen LogP contribution in [0.5, 0.6) is 5.75 Å². The maximum Gasteiger partial charge on any atom is 0.309 e. The van der Waals surface area contributed by atoms with Gasteiger partial charge in [0, 0.05) is 29.4 Å². The van der Waals surface area contributed by atoms with Crippen LogP contribution in [0.3, 0.4) is 0 Å². The monoisotopic (exact) mass is 552 g/mol. The quantitative estimate of drug-likeness (QED) is 0.275. The standard InChI is InChI=1S/C27H28ClF3N2O3S/c1-36-17-5-6-23-18(15-17)24(19(28)16-32-23)20(29)7-8-27(26(34)35)9-11-33(12-10-27)13-14-37-25-21(30)3-2-4-22(25)31/h2-6,15-16,20H,7-14H2,1H3,(H,34,35). The zero-order valence-corrected chi connectivity index (χ0v) is 21.9. The zero-order valence-electron chi connectivity index (χ0n) is 20.4. The lowest BCUT2D eigenvalue weighted by Crippen LogP contribution is -2.45. The average Bonchev–Trinajstić information content (AvgIpc) is 2.89. The first kappa shape index (κ1) is 27.5. The van der Waals surface area contributed by atoms with E-state index in [1.165, 1.54) is 31.5 Å². The highest BCUT2D eigenvalue weighted by atomic mass is 35.5. The molecule has 1 fully saturated rings. The van der Waals surface area contributed by atoms with Crippen LogP contribution in [0.2, 0.25) is 5.02 Å². The van der Waals surface area contributed by atoms with Crippen LogP contribution in [0.15, 0.2) is 47.5 Å². The molecule has 1 aromatic heterocycles. The normalized spacial score (nSPS) is 16.6. The van der Waals surface area contributed by atoms with Gasteiger partial charge in [-0.25, -0.2) is 13.2 Å². The predicted octanol–water partition coefficient (Wildman–Crippen LogP) is 6.92. The van der Waals surface area contributed by atoms with Crippen molar-refractivity contribution in [2.75, 3.05) is 32.5 Å². The summed E-state index contributed by atoms with van der Waals surface area (Å²) in [6.45, 7) is 1.60. The average molecular weight is 553 g/mol. The number of likely N-dealkylation sites (tertiary alicyclic amines) is 1. The number of hydrogen-bond donors (Lipinski definition) is 1. The second kappa shape index (κ2) is 11.9. The van der Waals surface area contributed by atoms with E-state index >= 15 is 4.39 Å². The Morgan fingerprint density at radius 1 is 1.24 bits per heavy atom. The third kappa shape index (κ3) is 6.16. The molecule has 0 amide bonds. The molecule has 0 saturated carbocycles. The molecule has 2 heterocycles. The van der Waals surface area contributed by atoms with E-state index in [4.69, 9.17) is 16.3 Å². The van der Waals surface area contributed by atoms with Gasteiger partial charge in [-0.05, 0) is 69.1 Å². The molecule has 37 heavy (non-hydrogen) atoms. The molecule has 1 atom stereocenters. The van der Waals surface area contributed by atoms with Crippen LogP contribution in [0.4, 0.5) is 13.2 Å². The SMILES string of the molecule is COc1ccc2ncc(Cl)c(C(F)CCC3(C(=O)O)CCN(CCSc4c(F)cccc4F)CC3)c2c1. The summed E-state index contributed by atoms with van der Waals surface area (Å²) in [6.07, 6.45) is 0.848. The molecule has 5 nitrogen and oxygen atoms in total.